The molecule has 2 aromatic carbocycles. The Morgan fingerprint density at radius 1 is 1.21 bits per heavy atom. The monoisotopic (exact) mass is 517 g/mol. The number of halogens is 2. The summed E-state index contributed by atoms with van der Waals surface area (Å²) in [6.07, 6.45) is 0. The van der Waals surface area contributed by atoms with Crippen LogP contribution in [0, 0.1) is 0 Å². The van der Waals surface area contributed by atoms with Gasteiger partial charge in [0, 0.05) is 19.0 Å². The third kappa shape index (κ3) is 5.89. The number of aliphatic hydroxyl groups is 1. The van der Waals surface area contributed by atoms with Crippen LogP contribution in [0.15, 0.2) is 47.5 Å². The molecule has 3 N–H and O–H groups in total. The van der Waals surface area contributed by atoms with Crippen LogP contribution >= 0.6 is 35.6 Å². The highest BCUT2D eigenvalue weighted by Crippen LogP contribution is 2.39. The summed E-state index contributed by atoms with van der Waals surface area (Å²) in [5.74, 6) is 1.91. The van der Waals surface area contributed by atoms with E-state index in [-0.39, 0.29) is 43.3 Å². The normalized spacial score (nSPS) is 13.6. The lowest BCUT2D eigenvalue weighted by Gasteiger charge is -2.18. The summed E-state index contributed by atoms with van der Waals surface area (Å²) < 4.78 is 10.7. The Morgan fingerprint density at radius 3 is 2.71 bits per heavy atom. The molecule has 0 bridgehead atoms. The van der Waals surface area contributed by atoms with Crippen molar-refractivity contribution in [3.63, 3.8) is 0 Å². The van der Waals surface area contributed by atoms with Crippen LogP contribution in [-0.4, -0.2) is 37.6 Å². The minimum absolute atomic E-state index is 0. The Balaban J connectivity index is 0.00000280. The number of hydrogen-bond acceptors (Lipinski definition) is 4. The molecule has 0 saturated heterocycles. The Kier molecular flexibility index (Phi) is 9.14. The second kappa shape index (κ2) is 11.3. The number of nitrogens with one attached hydrogen (secondary N) is 2. The minimum Gasteiger partial charge on any atom is -0.454 e. The number of nitrogens with zero attached hydrogens (tertiary/aromatic N) is 1. The molecule has 0 saturated carbocycles. The molecule has 2 aromatic rings. The van der Waals surface area contributed by atoms with Gasteiger partial charge >= 0.3 is 0 Å². The number of aliphatic imine (C=N–C) groups is 1. The molecule has 1 heterocycles. The molecule has 1 unspecified atom stereocenters. The molecular weight excluding hydrogens is 493 g/mol. The molecule has 1 atom stereocenters. The lowest BCUT2D eigenvalue weighted by Crippen LogP contribution is -2.39. The van der Waals surface area contributed by atoms with Crippen molar-refractivity contribution in [1.82, 2.24) is 10.6 Å². The molecule has 0 fully saturated rings. The fourth-order valence-corrected chi connectivity index (χ4v) is 3.14. The fraction of sp³-hybridized carbons (Fsp3) is 0.350. The van der Waals surface area contributed by atoms with Crippen molar-refractivity contribution in [2.45, 2.75) is 19.4 Å². The average molecular weight is 518 g/mol. The van der Waals surface area contributed by atoms with E-state index in [0.29, 0.717) is 35.6 Å². The zero-order valence-electron chi connectivity index (χ0n) is 15.7. The van der Waals surface area contributed by atoms with Crippen molar-refractivity contribution in [2.24, 2.45) is 4.99 Å². The Hall–Kier alpha value is -1.71. The Bertz CT molecular complexity index is 790. The van der Waals surface area contributed by atoms with E-state index in [2.05, 4.69) is 15.6 Å². The van der Waals surface area contributed by atoms with Crippen LogP contribution in [0.5, 0.6) is 11.5 Å². The summed E-state index contributed by atoms with van der Waals surface area (Å²) in [6, 6.07) is 13.7. The first-order valence-electron chi connectivity index (χ1n) is 8.97. The van der Waals surface area contributed by atoms with Crippen molar-refractivity contribution in [3.8, 4) is 11.5 Å². The summed E-state index contributed by atoms with van der Waals surface area (Å²) in [4.78, 5) is 4.61. The fourth-order valence-electron chi connectivity index (χ4n) is 2.86. The zero-order valence-corrected chi connectivity index (χ0v) is 18.7. The molecule has 8 heteroatoms. The van der Waals surface area contributed by atoms with E-state index in [4.69, 9.17) is 21.1 Å². The van der Waals surface area contributed by atoms with Crippen molar-refractivity contribution < 1.29 is 14.6 Å². The van der Waals surface area contributed by atoms with Gasteiger partial charge in [0.05, 0.1) is 18.2 Å². The largest absolute Gasteiger partial charge is 0.454 e. The molecule has 0 radical (unpaired) electrons. The van der Waals surface area contributed by atoms with Crippen LogP contribution in [-0.2, 0) is 6.54 Å². The number of guanidine groups is 1. The van der Waals surface area contributed by atoms with Crippen molar-refractivity contribution in [1.29, 1.82) is 0 Å². The van der Waals surface area contributed by atoms with Gasteiger partial charge in [0.1, 0.15) is 0 Å². The van der Waals surface area contributed by atoms with Crippen LogP contribution in [0.4, 0.5) is 0 Å². The summed E-state index contributed by atoms with van der Waals surface area (Å²) >= 11 is 6.23. The highest BCUT2D eigenvalue weighted by atomic mass is 127. The summed E-state index contributed by atoms with van der Waals surface area (Å²) in [5.41, 5.74) is 2.02. The predicted octanol–water partition coefficient (Wildman–Crippen LogP) is 3.52. The molecule has 0 amide bonds. The maximum atomic E-state index is 9.71. The molecule has 0 spiro atoms. The first-order valence-corrected chi connectivity index (χ1v) is 9.35. The second-order valence-corrected chi connectivity index (χ2v) is 6.58. The molecule has 1 aliphatic rings. The summed E-state index contributed by atoms with van der Waals surface area (Å²) in [5, 5.41) is 16.8. The van der Waals surface area contributed by atoms with Gasteiger partial charge in [-0.2, -0.15) is 0 Å². The first-order chi connectivity index (χ1) is 13.2. The van der Waals surface area contributed by atoms with Crippen LogP contribution in [0.3, 0.4) is 0 Å². The van der Waals surface area contributed by atoms with Gasteiger partial charge in [-0.25, -0.2) is 4.99 Å². The van der Waals surface area contributed by atoms with E-state index >= 15 is 0 Å². The standard InChI is InChI=1S/C20H24ClN3O3.HI/c1-2-22-20(24-11-16(12-25)15-6-4-3-5-7-15)23-10-14-8-17(21)19-18(9-14)26-13-27-19;/h3-9,16,25H,2,10-13H2,1H3,(H2,22,23,24);1H. The topological polar surface area (TPSA) is 75.1 Å². The Morgan fingerprint density at radius 2 is 2.00 bits per heavy atom. The van der Waals surface area contributed by atoms with Crippen molar-refractivity contribution in [3.05, 3.63) is 58.6 Å². The SMILES string of the molecule is CCNC(=NCc1cc(Cl)c2c(c1)OCO2)NCC(CO)c1ccccc1.I. The van der Waals surface area contributed by atoms with Gasteiger partial charge in [-0.15, -0.1) is 24.0 Å². The molecule has 6 nitrogen and oxygen atoms in total. The van der Waals surface area contributed by atoms with Gasteiger partial charge in [-0.1, -0.05) is 41.9 Å². The molecule has 0 aromatic heterocycles. The van der Waals surface area contributed by atoms with E-state index < -0.39 is 0 Å². The maximum absolute atomic E-state index is 9.71. The average Bonchev–Trinajstić information content (AvgIpc) is 3.16. The molecule has 1 aliphatic heterocycles. The number of ether oxygens (including phenoxy) is 2. The van der Waals surface area contributed by atoms with Crippen molar-refractivity contribution >= 4 is 41.5 Å². The zero-order chi connectivity index (χ0) is 19.1. The van der Waals surface area contributed by atoms with E-state index in [1.54, 1.807) is 0 Å². The maximum Gasteiger partial charge on any atom is 0.231 e. The third-order valence-corrected chi connectivity index (χ3v) is 4.54. The number of hydrogen-bond donors (Lipinski definition) is 3. The first kappa shape index (κ1) is 22.6. The van der Waals surface area contributed by atoms with Gasteiger partial charge in [0.15, 0.2) is 17.5 Å². The highest BCUT2D eigenvalue weighted by molar-refractivity contribution is 14.0. The van der Waals surface area contributed by atoms with Gasteiger partial charge in [-0.05, 0) is 30.2 Å². The van der Waals surface area contributed by atoms with E-state index in [9.17, 15) is 5.11 Å². The van der Waals surface area contributed by atoms with E-state index in [1.165, 1.54) is 0 Å². The third-order valence-electron chi connectivity index (χ3n) is 4.26. The molecular formula is C20H25ClIN3O3. The highest BCUT2D eigenvalue weighted by Gasteiger charge is 2.18. The van der Waals surface area contributed by atoms with Crippen LogP contribution in [0.25, 0.3) is 0 Å². The summed E-state index contributed by atoms with van der Waals surface area (Å²) in [6.45, 7) is 4.02. The quantitative estimate of drug-likeness (QED) is 0.298. The van der Waals surface area contributed by atoms with Crippen LogP contribution in [0.1, 0.15) is 24.0 Å². The van der Waals surface area contributed by atoms with Crippen molar-refractivity contribution in [2.75, 3.05) is 26.5 Å². The minimum atomic E-state index is -0.00459. The Labute approximate surface area is 187 Å². The van der Waals surface area contributed by atoms with Gasteiger partial charge in [0.25, 0.3) is 0 Å². The number of aliphatic hydroxyl groups excluding tert-OH is 1. The van der Waals surface area contributed by atoms with E-state index in [0.717, 1.165) is 17.7 Å². The second-order valence-electron chi connectivity index (χ2n) is 6.18. The van der Waals surface area contributed by atoms with Gasteiger partial charge in [0.2, 0.25) is 6.79 Å². The number of fused-ring (bicyclic) bond motifs is 1. The predicted molar refractivity (Wildman–Crippen MR) is 122 cm³/mol. The molecule has 0 aliphatic carbocycles. The lowest BCUT2D eigenvalue weighted by atomic mass is 10.0. The molecule has 3 rings (SSSR count). The number of benzene rings is 2. The molecule has 28 heavy (non-hydrogen) atoms. The van der Waals surface area contributed by atoms with Crippen LogP contribution < -0.4 is 20.1 Å². The van der Waals surface area contributed by atoms with E-state index in [1.807, 2.05) is 49.4 Å². The van der Waals surface area contributed by atoms with Gasteiger partial charge in [-0.3, -0.25) is 0 Å². The lowest BCUT2D eigenvalue weighted by molar-refractivity contribution is 0.174. The summed E-state index contributed by atoms with van der Waals surface area (Å²) in [7, 11) is 0. The number of rotatable bonds is 7. The smallest absolute Gasteiger partial charge is 0.231 e. The molecule has 152 valence electrons. The van der Waals surface area contributed by atoms with Crippen LogP contribution in [0.2, 0.25) is 5.02 Å². The van der Waals surface area contributed by atoms with Gasteiger partial charge < -0.3 is 25.2 Å².